The molecule has 1 aromatic rings. The highest BCUT2D eigenvalue weighted by molar-refractivity contribution is 6.31. The minimum absolute atomic E-state index is 0.0457. The first-order chi connectivity index (χ1) is 7.66. The summed E-state index contributed by atoms with van der Waals surface area (Å²) in [5, 5.41) is 6.83. The van der Waals surface area contributed by atoms with E-state index in [1.807, 2.05) is 13.0 Å². The van der Waals surface area contributed by atoms with Gasteiger partial charge in [0.25, 0.3) is 5.91 Å². The van der Waals surface area contributed by atoms with Gasteiger partial charge in [-0.05, 0) is 37.6 Å². The number of halogens is 1. The summed E-state index contributed by atoms with van der Waals surface area (Å²) in [6.07, 6.45) is 0.991. The van der Waals surface area contributed by atoms with E-state index in [0.717, 1.165) is 25.1 Å². The molecule has 0 unspecified atom stereocenters. The van der Waals surface area contributed by atoms with Crippen molar-refractivity contribution >= 4 is 17.5 Å². The zero-order valence-corrected chi connectivity index (χ0v) is 9.97. The van der Waals surface area contributed by atoms with E-state index in [4.69, 9.17) is 11.6 Å². The van der Waals surface area contributed by atoms with Crippen molar-refractivity contribution in [3.05, 3.63) is 34.3 Å². The monoisotopic (exact) mass is 238 g/mol. The van der Waals surface area contributed by atoms with Gasteiger partial charge in [-0.3, -0.25) is 4.79 Å². The van der Waals surface area contributed by atoms with Crippen molar-refractivity contribution in [3.8, 4) is 0 Å². The SMILES string of the molecule is Cc1ccc(C(=O)N[C@@H]2CCNC2)cc1Cl. The van der Waals surface area contributed by atoms with E-state index in [1.54, 1.807) is 12.1 Å². The smallest absolute Gasteiger partial charge is 0.251 e. The summed E-state index contributed by atoms with van der Waals surface area (Å²) in [5.74, 6) is -0.0457. The van der Waals surface area contributed by atoms with Crippen LogP contribution in [0, 0.1) is 6.92 Å². The molecule has 0 bridgehead atoms. The van der Waals surface area contributed by atoms with Crippen LogP contribution in [-0.2, 0) is 0 Å². The summed E-state index contributed by atoms with van der Waals surface area (Å²) in [5.41, 5.74) is 1.61. The number of carbonyl (C=O) groups excluding carboxylic acids is 1. The number of carbonyl (C=O) groups is 1. The van der Waals surface area contributed by atoms with Crippen LogP contribution in [0.5, 0.6) is 0 Å². The van der Waals surface area contributed by atoms with Gasteiger partial charge < -0.3 is 10.6 Å². The van der Waals surface area contributed by atoms with Gasteiger partial charge in [-0.25, -0.2) is 0 Å². The lowest BCUT2D eigenvalue weighted by molar-refractivity contribution is 0.0940. The first-order valence-corrected chi connectivity index (χ1v) is 5.82. The first kappa shape index (κ1) is 11.4. The third-order valence-corrected chi connectivity index (χ3v) is 3.24. The van der Waals surface area contributed by atoms with Crippen LogP contribution in [0.25, 0.3) is 0 Å². The average molecular weight is 239 g/mol. The number of amides is 1. The third-order valence-electron chi connectivity index (χ3n) is 2.83. The predicted molar refractivity (Wildman–Crippen MR) is 64.9 cm³/mol. The average Bonchev–Trinajstić information content (AvgIpc) is 2.74. The molecule has 1 heterocycles. The lowest BCUT2D eigenvalue weighted by Gasteiger charge is -2.11. The molecule has 4 heteroatoms. The maximum atomic E-state index is 11.9. The van der Waals surface area contributed by atoms with E-state index < -0.39 is 0 Å². The molecular weight excluding hydrogens is 224 g/mol. The van der Waals surface area contributed by atoms with E-state index in [0.29, 0.717) is 10.6 Å². The van der Waals surface area contributed by atoms with Crippen molar-refractivity contribution in [1.29, 1.82) is 0 Å². The van der Waals surface area contributed by atoms with Gasteiger partial charge in [0.05, 0.1) is 0 Å². The van der Waals surface area contributed by atoms with Crippen LogP contribution in [0.1, 0.15) is 22.3 Å². The van der Waals surface area contributed by atoms with Crippen LogP contribution in [0.15, 0.2) is 18.2 Å². The van der Waals surface area contributed by atoms with E-state index in [-0.39, 0.29) is 11.9 Å². The van der Waals surface area contributed by atoms with E-state index in [2.05, 4.69) is 10.6 Å². The molecule has 1 aliphatic heterocycles. The third kappa shape index (κ3) is 2.54. The first-order valence-electron chi connectivity index (χ1n) is 5.44. The number of nitrogens with one attached hydrogen (secondary N) is 2. The number of aryl methyl sites for hydroxylation is 1. The van der Waals surface area contributed by atoms with E-state index in [1.165, 1.54) is 0 Å². The van der Waals surface area contributed by atoms with Gasteiger partial charge in [-0.2, -0.15) is 0 Å². The maximum Gasteiger partial charge on any atom is 0.251 e. The van der Waals surface area contributed by atoms with Crippen molar-refractivity contribution in [2.24, 2.45) is 0 Å². The Bertz CT molecular complexity index is 400. The van der Waals surface area contributed by atoms with Crippen LogP contribution in [0.2, 0.25) is 5.02 Å². The summed E-state index contributed by atoms with van der Waals surface area (Å²) < 4.78 is 0. The summed E-state index contributed by atoms with van der Waals surface area (Å²) in [6, 6.07) is 5.63. The number of benzene rings is 1. The highest BCUT2D eigenvalue weighted by Gasteiger charge is 2.17. The summed E-state index contributed by atoms with van der Waals surface area (Å²) in [4.78, 5) is 11.9. The molecule has 2 rings (SSSR count). The summed E-state index contributed by atoms with van der Waals surface area (Å²) in [7, 11) is 0. The van der Waals surface area contributed by atoms with Crippen LogP contribution in [0.3, 0.4) is 0 Å². The Balaban J connectivity index is 2.05. The van der Waals surface area contributed by atoms with Crippen molar-refractivity contribution in [2.75, 3.05) is 13.1 Å². The molecule has 1 amide bonds. The van der Waals surface area contributed by atoms with Crippen LogP contribution >= 0.6 is 11.6 Å². The van der Waals surface area contributed by atoms with Gasteiger partial charge in [0.2, 0.25) is 0 Å². The van der Waals surface area contributed by atoms with Gasteiger partial charge in [0.15, 0.2) is 0 Å². The normalized spacial score (nSPS) is 19.8. The molecule has 1 saturated heterocycles. The Morgan fingerprint density at radius 3 is 3.00 bits per heavy atom. The standard InChI is InChI=1S/C12H15ClN2O/c1-8-2-3-9(6-11(8)13)12(16)15-10-4-5-14-7-10/h2-3,6,10,14H,4-5,7H2,1H3,(H,15,16)/t10-/m1/s1. The van der Waals surface area contributed by atoms with Crippen molar-refractivity contribution in [3.63, 3.8) is 0 Å². The molecule has 0 saturated carbocycles. The molecule has 16 heavy (non-hydrogen) atoms. The summed E-state index contributed by atoms with van der Waals surface area (Å²) >= 11 is 5.98. The Kier molecular flexibility index (Phi) is 3.46. The summed E-state index contributed by atoms with van der Waals surface area (Å²) in [6.45, 7) is 3.75. The molecule has 0 spiro atoms. The number of rotatable bonds is 2. The fourth-order valence-corrected chi connectivity index (χ4v) is 1.96. The number of hydrogen-bond donors (Lipinski definition) is 2. The van der Waals surface area contributed by atoms with Gasteiger partial charge in [0, 0.05) is 23.2 Å². The zero-order chi connectivity index (χ0) is 11.5. The van der Waals surface area contributed by atoms with E-state index >= 15 is 0 Å². The molecule has 1 fully saturated rings. The molecular formula is C12H15ClN2O. The maximum absolute atomic E-state index is 11.9. The lowest BCUT2D eigenvalue weighted by Crippen LogP contribution is -2.36. The van der Waals surface area contributed by atoms with Gasteiger partial charge >= 0.3 is 0 Å². The molecule has 86 valence electrons. The fraction of sp³-hybridized carbons (Fsp3) is 0.417. The van der Waals surface area contributed by atoms with Gasteiger partial charge in [-0.1, -0.05) is 17.7 Å². The topological polar surface area (TPSA) is 41.1 Å². The fourth-order valence-electron chi connectivity index (χ4n) is 1.78. The second kappa shape index (κ2) is 4.85. The van der Waals surface area contributed by atoms with Crippen molar-refractivity contribution < 1.29 is 4.79 Å². The molecule has 1 aromatic carbocycles. The Morgan fingerprint density at radius 1 is 1.56 bits per heavy atom. The predicted octanol–water partition coefficient (Wildman–Crippen LogP) is 1.74. The second-order valence-corrected chi connectivity index (χ2v) is 4.53. The largest absolute Gasteiger partial charge is 0.348 e. The van der Waals surface area contributed by atoms with E-state index in [9.17, 15) is 4.79 Å². The molecule has 1 aliphatic rings. The van der Waals surface area contributed by atoms with Gasteiger partial charge in [-0.15, -0.1) is 0 Å². The molecule has 1 atom stereocenters. The van der Waals surface area contributed by atoms with Crippen LogP contribution in [-0.4, -0.2) is 25.0 Å². The van der Waals surface area contributed by atoms with Gasteiger partial charge in [0.1, 0.15) is 0 Å². The number of hydrogen-bond acceptors (Lipinski definition) is 2. The Labute approximate surface area is 100 Å². The lowest BCUT2D eigenvalue weighted by atomic mass is 10.1. The molecule has 0 aliphatic carbocycles. The highest BCUT2D eigenvalue weighted by atomic mass is 35.5. The van der Waals surface area contributed by atoms with Crippen molar-refractivity contribution in [1.82, 2.24) is 10.6 Å². The Hall–Kier alpha value is -1.06. The Morgan fingerprint density at radius 2 is 2.38 bits per heavy atom. The zero-order valence-electron chi connectivity index (χ0n) is 9.22. The molecule has 3 nitrogen and oxygen atoms in total. The van der Waals surface area contributed by atoms with Crippen molar-refractivity contribution in [2.45, 2.75) is 19.4 Å². The minimum atomic E-state index is -0.0457. The minimum Gasteiger partial charge on any atom is -0.348 e. The quantitative estimate of drug-likeness (QED) is 0.824. The highest BCUT2D eigenvalue weighted by Crippen LogP contribution is 2.16. The molecule has 0 radical (unpaired) electrons. The van der Waals surface area contributed by atoms with Crippen LogP contribution in [0.4, 0.5) is 0 Å². The second-order valence-electron chi connectivity index (χ2n) is 4.13. The molecule has 0 aromatic heterocycles. The molecule has 2 N–H and O–H groups in total. The van der Waals surface area contributed by atoms with Crippen LogP contribution < -0.4 is 10.6 Å².